The maximum absolute atomic E-state index is 4.57. The van der Waals surface area contributed by atoms with Crippen LogP contribution >= 0.6 is 11.3 Å². The van der Waals surface area contributed by atoms with Gasteiger partial charge in [0.05, 0.1) is 17.4 Å². The Balaban J connectivity index is 2.00. The number of hydrogen-bond donors (Lipinski definition) is 1. The number of aryl methyl sites for hydroxylation is 3. The molecular formula is C14H22N4S. The van der Waals surface area contributed by atoms with Crippen LogP contribution in [0.4, 0.5) is 0 Å². The van der Waals surface area contributed by atoms with Crippen molar-refractivity contribution in [2.45, 2.75) is 53.2 Å². The second kappa shape index (κ2) is 6.30. The third-order valence-corrected chi connectivity index (χ3v) is 4.27. The zero-order valence-corrected chi connectivity index (χ0v) is 12.9. The highest BCUT2D eigenvalue weighted by Gasteiger charge is 2.11. The topological polar surface area (TPSA) is 42.7 Å². The van der Waals surface area contributed by atoms with Gasteiger partial charge in [0, 0.05) is 24.2 Å². The molecule has 1 unspecified atom stereocenters. The van der Waals surface area contributed by atoms with E-state index in [2.05, 4.69) is 53.8 Å². The number of nitrogens with one attached hydrogen (secondary N) is 1. The molecule has 19 heavy (non-hydrogen) atoms. The predicted octanol–water partition coefficient (Wildman–Crippen LogP) is 3.08. The molecule has 0 aliphatic heterocycles. The van der Waals surface area contributed by atoms with E-state index >= 15 is 0 Å². The van der Waals surface area contributed by atoms with Gasteiger partial charge in [-0.2, -0.15) is 5.10 Å². The van der Waals surface area contributed by atoms with Crippen molar-refractivity contribution in [3.63, 3.8) is 0 Å². The summed E-state index contributed by atoms with van der Waals surface area (Å²) in [6, 6.07) is 2.47. The van der Waals surface area contributed by atoms with Crippen LogP contribution in [-0.4, -0.2) is 14.8 Å². The first-order valence-electron chi connectivity index (χ1n) is 6.85. The fourth-order valence-electron chi connectivity index (χ4n) is 2.02. The van der Waals surface area contributed by atoms with E-state index in [1.54, 1.807) is 11.3 Å². The minimum atomic E-state index is 0.281. The van der Waals surface area contributed by atoms with E-state index < -0.39 is 0 Å². The molecule has 2 heterocycles. The molecule has 5 heteroatoms. The highest BCUT2D eigenvalue weighted by atomic mass is 32.1. The van der Waals surface area contributed by atoms with Gasteiger partial charge in [0.15, 0.2) is 0 Å². The maximum Gasteiger partial charge on any atom is 0.109 e. The molecule has 104 valence electrons. The van der Waals surface area contributed by atoms with Crippen LogP contribution in [0.2, 0.25) is 0 Å². The summed E-state index contributed by atoms with van der Waals surface area (Å²) in [5, 5.41) is 9.24. The lowest BCUT2D eigenvalue weighted by atomic mass is 10.3. The molecule has 0 spiro atoms. The van der Waals surface area contributed by atoms with Crippen LogP contribution in [0.3, 0.4) is 0 Å². The van der Waals surface area contributed by atoms with Crippen molar-refractivity contribution < 1.29 is 0 Å². The molecule has 0 saturated heterocycles. The molecule has 1 N–H and O–H groups in total. The summed E-state index contributed by atoms with van der Waals surface area (Å²) >= 11 is 1.75. The van der Waals surface area contributed by atoms with Crippen LogP contribution in [-0.2, 0) is 19.5 Å². The molecule has 0 saturated carbocycles. The van der Waals surface area contributed by atoms with Crippen molar-refractivity contribution in [1.82, 2.24) is 20.1 Å². The van der Waals surface area contributed by atoms with Gasteiger partial charge in [0.25, 0.3) is 0 Å². The average Bonchev–Trinajstić information content (AvgIpc) is 3.01. The van der Waals surface area contributed by atoms with Crippen LogP contribution in [0.15, 0.2) is 12.3 Å². The van der Waals surface area contributed by atoms with Crippen LogP contribution in [0, 0.1) is 6.92 Å². The number of rotatable bonds is 6. The molecule has 2 aromatic heterocycles. The highest BCUT2D eigenvalue weighted by molar-refractivity contribution is 7.11. The Morgan fingerprint density at radius 2 is 2.21 bits per heavy atom. The quantitative estimate of drug-likeness (QED) is 0.883. The third kappa shape index (κ3) is 3.42. The lowest BCUT2D eigenvalue weighted by Crippen LogP contribution is -2.20. The van der Waals surface area contributed by atoms with Gasteiger partial charge in [-0.1, -0.05) is 6.92 Å². The van der Waals surface area contributed by atoms with Crippen molar-refractivity contribution in [1.29, 1.82) is 0 Å². The summed E-state index contributed by atoms with van der Waals surface area (Å²) in [6.45, 7) is 10.3. The van der Waals surface area contributed by atoms with E-state index in [-0.39, 0.29) is 6.04 Å². The van der Waals surface area contributed by atoms with E-state index in [1.807, 2.05) is 6.20 Å². The summed E-state index contributed by atoms with van der Waals surface area (Å²) in [6.07, 6.45) is 2.92. The molecule has 0 radical (unpaired) electrons. The smallest absolute Gasteiger partial charge is 0.109 e. The molecule has 0 aliphatic carbocycles. The van der Waals surface area contributed by atoms with Gasteiger partial charge in [-0.05, 0) is 33.3 Å². The lowest BCUT2D eigenvalue weighted by Gasteiger charge is -2.11. The predicted molar refractivity (Wildman–Crippen MR) is 79.4 cm³/mol. The minimum Gasteiger partial charge on any atom is -0.302 e. The average molecular weight is 278 g/mol. The number of aromatic nitrogens is 3. The highest BCUT2D eigenvalue weighted by Crippen LogP contribution is 2.19. The van der Waals surface area contributed by atoms with Gasteiger partial charge in [-0.15, -0.1) is 11.3 Å². The Morgan fingerprint density at radius 3 is 2.79 bits per heavy atom. The van der Waals surface area contributed by atoms with Crippen molar-refractivity contribution in [3.8, 4) is 0 Å². The van der Waals surface area contributed by atoms with E-state index in [9.17, 15) is 0 Å². The van der Waals surface area contributed by atoms with Gasteiger partial charge in [-0.3, -0.25) is 4.68 Å². The fraction of sp³-hybridized carbons (Fsp3) is 0.571. The monoisotopic (exact) mass is 278 g/mol. The largest absolute Gasteiger partial charge is 0.302 e. The Morgan fingerprint density at radius 1 is 1.42 bits per heavy atom. The molecule has 4 nitrogen and oxygen atoms in total. The molecule has 2 rings (SSSR count). The van der Waals surface area contributed by atoms with Gasteiger partial charge in [-0.25, -0.2) is 4.98 Å². The zero-order chi connectivity index (χ0) is 13.8. The Labute approximate surface area is 118 Å². The van der Waals surface area contributed by atoms with Gasteiger partial charge >= 0.3 is 0 Å². The fourth-order valence-corrected chi connectivity index (χ4v) is 2.82. The molecule has 0 fully saturated rings. The second-order valence-electron chi connectivity index (χ2n) is 4.71. The molecule has 0 amide bonds. The van der Waals surface area contributed by atoms with E-state index in [1.165, 1.54) is 10.6 Å². The molecule has 1 atom stereocenters. The van der Waals surface area contributed by atoms with Crippen LogP contribution < -0.4 is 5.32 Å². The van der Waals surface area contributed by atoms with Crippen LogP contribution in [0.5, 0.6) is 0 Å². The van der Waals surface area contributed by atoms with Crippen molar-refractivity contribution in [2.24, 2.45) is 0 Å². The minimum absolute atomic E-state index is 0.281. The second-order valence-corrected chi connectivity index (χ2v) is 5.97. The van der Waals surface area contributed by atoms with E-state index in [4.69, 9.17) is 0 Å². The summed E-state index contributed by atoms with van der Waals surface area (Å²) in [7, 11) is 0. The first kappa shape index (κ1) is 14.2. The Bertz CT molecular complexity index is 529. The maximum atomic E-state index is 4.57. The van der Waals surface area contributed by atoms with Crippen molar-refractivity contribution >= 4 is 11.3 Å². The molecule has 0 aromatic carbocycles. The van der Waals surface area contributed by atoms with E-state index in [0.717, 1.165) is 30.2 Å². The SMILES string of the molecule is CCc1cc(CNC(C)c2ncc(C)s2)n(CC)n1. The third-order valence-electron chi connectivity index (χ3n) is 3.17. The normalized spacial score (nSPS) is 12.8. The molecule has 2 aromatic rings. The van der Waals surface area contributed by atoms with Crippen molar-refractivity contribution in [3.05, 3.63) is 33.5 Å². The lowest BCUT2D eigenvalue weighted by molar-refractivity contribution is 0.529. The van der Waals surface area contributed by atoms with Gasteiger partial charge < -0.3 is 5.32 Å². The van der Waals surface area contributed by atoms with E-state index in [0.29, 0.717) is 0 Å². The molecule has 0 aliphatic rings. The summed E-state index contributed by atoms with van der Waals surface area (Å²) in [4.78, 5) is 5.69. The standard InChI is InChI=1S/C14H22N4S/c1-5-12-7-13(18(6-2)17-12)9-15-11(4)14-16-8-10(3)19-14/h7-8,11,15H,5-6,9H2,1-4H3. The summed E-state index contributed by atoms with van der Waals surface area (Å²) in [5.74, 6) is 0. The molecule has 0 bridgehead atoms. The first-order chi connectivity index (χ1) is 9.13. The Kier molecular flexibility index (Phi) is 4.71. The Hall–Kier alpha value is -1.20. The van der Waals surface area contributed by atoms with Crippen molar-refractivity contribution in [2.75, 3.05) is 0 Å². The van der Waals surface area contributed by atoms with Crippen LogP contribution in [0.1, 0.15) is 48.1 Å². The zero-order valence-electron chi connectivity index (χ0n) is 12.1. The number of thiazole rings is 1. The summed E-state index contributed by atoms with van der Waals surface area (Å²) < 4.78 is 2.08. The first-order valence-corrected chi connectivity index (χ1v) is 7.67. The summed E-state index contributed by atoms with van der Waals surface area (Å²) in [5.41, 5.74) is 2.41. The number of nitrogens with zero attached hydrogens (tertiary/aromatic N) is 3. The van der Waals surface area contributed by atoms with Gasteiger partial charge in [0.1, 0.15) is 5.01 Å². The molecular weight excluding hydrogens is 256 g/mol. The number of hydrogen-bond acceptors (Lipinski definition) is 4. The van der Waals surface area contributed by atoms with Crippen LogP contribution in [0.25, 0.3) is 0 Å². The van der Waals surface area contributed by atoms with Gasteiger partial charge in [0.2, 0.25) is 0 Å².